The lowest BCUT2D eigenvalue weighted by atomic mass is 10.1. The van der Waals surface area contributed by atoms with Gasteiger partial charge in [0, 0.05) is 23.1 Å². The molecule has 0 aliphatic carbocycles. The first-order valence-corrected chi connectivity index (χ1v) is 7.24. The van der Waals surface area contributed by atoms with Gasteiger partial charge >= 0.3 is 0 Å². The Labute approximate surface area is 130 Å². The van der Waals surface area contributed by atoms with Crippen LogP contribution in [0.2, 0.25) is 0 Å². The third kappa shape index (κ3) is 4.15. The van der Waals surface area contributed by atoms with Crippen molar-refractivity contribution in [1.29, 1.82) is 0 Å². The quantitative estimate of drug-likeness (QED) is 0.827. The van der Waals surface area contributed by atoms with E-state index in [2.05, 4.69) is 27.5 Å². The first kappa shape index (κ1) is 15.7. The van der Waals surface area contributed by atoms with Gasteiger partial charge in [-0.1, -0.05) is 19.1 Å². The lowest BCUT2D eigenvalue weighted by Crippen LogP contribution is -2.10. The largest absolute Gasteiger partial charge is 0.340 e. The maximum absolute atomic E-state index is 11.8. The average Bonchev–Trinajstić information content (AvgIpc) is 2.48. The number of aryl methyl sites for hydroxylation is 2. The molecule has 0 saturated carbocycles. The van der Waals surface area contributed by atoms with Crippen molar-refractivity contribution in [2.45, 2.75) is 27.2 Å². The summed E-state index contributed by atoms with van der Waals surface area (Å²) >= 11 is 0. The zero-order valence-electron chi connectivity index (χ0n) is 13.1. The first-order chi connectivity index (χ1) is 10.6. The standard InChI is InChI=1S/C17H20N4O/c1-4-6-17(22)21-15-10-14(8-7-13(15)5-2)20-16-9-12(3)18-11-19-16/h4,6-11H,5H2,1-3H3,(H,21,22)(H,18,19,20)/b6-4+. The zero-order chi connectivity index (χ0) is 15.9. The Hall–Kier alpha value is -2.69. The Morgan fingerprint density at radius 1 is 1.27 bits per heavy atom. The van der Waals surface area contributed by atoms with E-state index in [0.717, 1.165) is 34.9 Å². The number of aromatic nitrogens is 2. The van der Waals surface area contributed by atoms with Crippen LogP contribution >= 0.6 is 0 Å². The SMILES string of the molecule is C/C=C/C(=O)Nc1cc(Nc2cc(C)ncn2)ccc1CC. The fourth-order valence-electron chi connectivity index (χ4n) is 2.08. The van der Waals surface area contributed by atoms with Gasteiger partial charge in [-0.2, -0.15) is 0 Å². The highest BCUT2D eigenvalue weighted by Gasteiger charge is 2.06. The summed E-state index contributed by atoms with van der Waals surface area (Å²) in [4.78, 5) is 20.0. The molecule has 1 heterocycles. The number of benzene rings is 1. The van der Waals surface area contributed by atoms with Gasteiger partial charge in [-0.25, -0.2) is 9.97 Å². The predicted octanol–water partition coefficient (Wildman–Crippen LogP) is 3.61. The summed E-state index contributed by atoms with van der Waals surface area (Å²) in [5, 5.41) is 6.12. The van der Waals surface area contributed by atoms with Crippen molar-refractivity contribution in [3.8, 4) is 0 Å². The Morgan fingerprint density at radius 2 is 2.09 bits per heavy atom. The molecule has 114 valence electrons. The van der Waals surface area contributed by atoms with Gasteiger partial charge in [0.25, 0.3) is 0 Å². The van der Waals surface area contributed by atoms with Crippen molar-refractivity contribution in [2.24, 2.45) is 0 Å². The van der Waals surface area contributed by atoms with E-state index in [-0.39, 0.29) is 5.91 Å². The lowest BCUT2D eigenvalue weighted by Gasteiger charge is -2.12. The van der Waals surface area contributed by atoms with E-state index < -0.39 is 0 Å². The molecule has 2 rings (SSSR count). The predicted molar refractivity (Wildman–Crippen MR) is 89.3 cm³/mol. The number of nitrogens with one attached hydrogen (secondary N) is 2. The number of rotatable bonds is 5. The molecule has 0 unspecified atom stereocenters. The lowest BCUT2D eigenvalue weighted by molar-refractivity contribution is -0.111. The minimum absolute atomic E-state index is 0.132. The van der Waals surface area contributed by atoms with Crippen LogP contribution in [0.1, 0.15) is 25.1 Å². The highest BCUT2D eigenvalue weighted by Crippen LogP contribution is 2.24. The number of anilines is 3. The summed E-state index contributed by atoms with van der Waals surface area (Å²) in [5.74, 6) is 0.592. The number of hydrogen-bond acceptors (Lipinski definition) is 4. The van der Waals surface area contributed by atoms with E-state index in [4.69, 9.17) is 0 Å². The number of hydrogen-bond donors (Lipinski definition) is 2. The molecule has 5 heteroatoms. The Morgan fingerprint density at radius 3 is 2.77 bits per heavy atom. The van der Waals surface area contributed by atoms with Crippen molar-refractivity contribution >= 4 is 23.1 Å². The average molecular weight is 296 g/mol. The van der Waals surface area contributed by atoms with Crippen LogP contribution in [-0.4, -0.2) is 15.9 Å². The molecular formula is C17H20N4O. The summed E-state index contributed by atoms with van der Waals surface area (Å²) < 4.78 is 0. The molecule has 2 aromatic rings. The van der Waals surface area contributed by atoms with Gasteiger partial charge in [0.2, 0.25) is 5.91 Å². The maximum Gasteiger partial charge on any atom is 0.248 e. The van der Waals surface area contributed by atoms with Gasteiger partial charge in [0.1, 0.15) is 12.1 Å². The third-order valence-corrected chi connectivity index (χ3v) is 3.14. The third-order valence-electron chi connectivity index (χ3n) is 3.14. The number of amides is 1. The fourth-order valence-corrected chi connectivity index (χ4v) is 2.08. The molecule has 0 fully saturated rings. The molecule has 0 aliphatic rings. The van der Waals surface area contributed by atoms with Crippen LogP contribution < -0.4 is 10.6 Å². The smallest absolute Gasteiger partial charge is 0.248 e. The number of carbonyl (C=O) groups excluding carboxylic acids is 1. The molecule has 2 N–H and O–H groups in total. The number of carbonyl (C=O) groups is 1. The Balaban J connectivity index is 2.24. The fraction of sp³-hybridized carbons (Fsp3) is 0.235. The van der Waals surface area contributed by atoms with E-state index in [1.165, 1.54) is 12.4 Å². The van der Waals surface area contributed by atoms with Crippen LogP contribution in [0.25, 0.3) is 0 Å². The topological polar surface area (TPSA) is 66.9 Å². The second-order valence-corrected chi connectivity index (χ2v) is 4.88. The van der Waals surface area contributed by atoms with Crippen molar-refractivity contribution in [2.75, 3.05) is 10.6 Å². The maximum atomic E-state index is 11.8. The van der Waals surface area contributed by atoms with Crippen molar-refractivity contribution < 1.29 is 4.79 Å². The normalized spacial score (nSPS) is 10.7. The minimum atomic E-state index is -0.132. The number of nitrogens with zero attached hydrogens (tertiary/aromatic N) is 2. The summed E-state index contributed by atoms with van der Waals surface area (Å²) in [6.07, 6.45) is 5.59. The molecule has 5 nitrogen and oxygen atoms in total. The van der Waals surface area contributed by atoms with Gasteiger partial charge in [-0.3, -0.25) is 4.79 Å². The van der Waals surface area contributed by atoms with Crippen molar-refractivity contribution in [3.05, 3.63) is 54.0 Å². The van der Waals surface area contributed by atoms with E-state index in [0.29, 0.717) is 0 Å². The van der Waals surface area contributed by atoms with Crippen LogP contribution in [0, 0.1) is 6.92 Å². The molecule has 0 atom stereocenters. The van der Waals surface area contributed by atoms with Crippen LogP contribution in [-0.2, 0) is 11.2 Å². The number of allylic oxidation sites excluding steroid dienone is 1. The molecule has 0 aliphatic heterocycles. The summed E-state index contributed by atoms with van der Waals surface area (Å²) in [6, 6.07) is 7.76. The molecule has 0 saturated heterocycles. The van der Waals surface area contributed by atoms with E-state index >= 15 is 0 Å². The molecule has 0 spiro atoms. The van der Waals surface area contributed by atoms with Crippen LogP contribution in [0.5, 0.6) is 0 Å². The van der Waals surface area contributed by atoms with Gasteiger partial charge < -0.3 is 10.6 Å². The Bertz CT molecular complexity index is 695. The molecule has 1 aromatic heterocycles. The van der Waals surface area contributed by atoms with E-state index in [1.54, 1.807) is 6.08 Å². The van der Waals surface area contributed by atoms with Crippen LogP contribution in [0.3, 0.4) is 0 Å². The minimum Gasteiger partial charge on any atom is -0.340 e. The summed E-state index contributed by atoms with van der Waals surface area (Å²) in [7, 11) is 0. The summed E-state index contributed by atoms with van der Waals surface area (Å²) in [5.41, 5.74) is 3.65. The van der Waals surface area contributed by atoms with Gasteiger partial charge in [-0.15, -0.1) is 0 Å². The highest BCUT2D eigenvalue weighted by atomic mass is 16.1. The second kappa shape index (κ2) is 7.36. The van der Waals surface area contributed by atoms with Crippen molar-refractivity contribution in [3.63, 3.8) is 0 Å². The Kier molecular flexibility index (Phi) is 5.25. The van der Waals surface area contributed by atoms with E-state index in [9.17, 15) is 4.79 Å². The first-order valence-electron chi connectivity index (χ1n) is 7.24. The molecule has 1 aromatic carbocycles. The molecule has 0 bridgehead atoms. The molecule has 1 amide bonds. The van der Waals surface area contributed by atoms with Crippen molar-refractivity contribution in [1.82, 2.24) is 9.97 Å². The molecular weight excluding hydrogens is 276 g/mol. The second-order valence-electron chi connectivity index (χ2n) is 4.88. The van der Waals surface area contributed by atoms with Crippen LogP contribution in [0.4, 0.5) is 17.2 Å². The van der Waals surface area contributed by atoms with Crippen LogP contribution in [0.15, 0.2) is 42.7 Å². The zero-order valence-corrected chi connectivity index (χ0v) is 13.1. The summed E-state index contributed by atoms with van der Waals surface area (Å²) in [6.45, 7) is 5.78. The van der Waals surface area contributed by atoms with Gasteiger partial charge in [-0.05, 0) is 44.0 Å². The monoisotopic (exact) mass is 296 g/mol. The molecule has 22 heavy (non-hydrogen) atoms. The highest BCUT2D eigenvalue weighted by molar-refractivity contribution is 6.00. The van der Waals surface area contributed by atoms with Gasteiger partial charge in [0.15, 0.2) is 0 Å². The molecule has 0 radical (unpaired) electrons. The van der Waals surface area contributed by atoms with E-state index in [1.807, 2.05) is 38.1 Å². The van der Waals surface area contributed by atoms with Gasteiger partial charge in [0.05, 0.1) is 0 Å².